The van der Waals surface area contributed by atoms with Crippen LogP contribution in [0.2, 0.25) is 0 Å². The number of ether oxygens (including phenoxy) is 2. The summed E-state index contributed by atoms with van der Waals surface area (Å²) in [4.78, 5) is 30.3. The molecule has 0 saturated carbocycles. The Morgan fingerprint density at radius 3 is 3.04 bits per heavy atom. The minimum atomic E-state index is -0.157. The third-order valence-electron chi connectivity index (χ3n) is 4.46. The van der Waals surface area contributed by atoms with E-state index in [1.54, 1.807) is 4.90 Å². The van der Waals surface area contributed by atoms with Crippen LogP contribution in [0.25, 0.3) is 0 Å². The van der Waals surface area contributed by atoms with Crippen molar-refractivity contribution in [2.24, 2.45) is 0 Å². The zero-order chi connectivity index (χ0) is 18.1. The van der Waals surface area contributed by atoms with Gasteiger partial charge in [0.05, 0.1) is 18.2 Å². The van der Waals surface area contributed by atoms with Gasteiger partial charge in [-0.15, -0.1) is 11.3 Å². The van der Waals surface area contributed by atoms with Crippen molar-refractivity contribution in [3.8, 4) is 11.5 Å². The second-order valence-electron chi connectivity index (χ2n) is 6.35. The summed E-state index contributed by atoms with van der Waals surface area (Å²) in [5.41, 5.74) is 1.63. The molecule has 0 spiro atoms. The lowest BCUT2D eigenvalue weighted by Crippen LogP contribution is -2.28. The number of amides is 2. The van der Waals surface area contributed by atoms with E-state index in [0.29, 0.717) is 29.5 Å². The van der Waals surface area contributed by atoms with Crippen molar-refractivity contribution in [3.05, 3.63) is 34.8 Å². The second-order valence-corrected chi connectivity index (χ2v) is 7.19. The van der Waals surface area contributed by atoms with Crippen molar-refractivity contribution in [2.45, 2.75) is 32.2 Å². The molecule has 1 atom stereocenters. The first-order valence-electron chi connectivity index (χ1n) is 8.54. The molecule has 2 amide bonds. The van der Waals surface area contributed by atoms with Crippen LogP contribution in [0.15, 0.2) is 23.6 Å². The highest BCUT2D eigenvalue weighted by molar-refractivity contribution is 7.14. The summed E-state index contributed by atoms with van der Waals surface area (Å²) >= 11 is 1.40. The molecule has 2 aromatic rings. The molecule has 136 valence electrons. The topological polar surface area (TPSA) is 80.8 Å². The highest BCUT2D eigenvalue weighted by Gasteiger charge is 2.24. The maximum atomic E-state index is 12.3. The first kappa shape index (κ1) is 16.8. The molecule has 1 fully saturated rings. The number of thiazole rings is 1. The molecule has 1 aromatic heterocycles. The Hall–Kier alpha value is -2.61. The molecular formula is C18H19N3O4S. The Balaban J connectivity index is 1.36. The standard InChI is InChI=1S/C18H19N3O4S/c1-11(12-4-5-14-15(7-12)25-10-24-14)19-16(22)8-13-9-26-18(20-13)21-6-2-3-17(21)23/h4-5,7,9,11H,2-3,6,8,10H2,1H3,(H,19,22). The first-order valence-corrected chi connectivity index (χ1v) is 9.42. The van der Waals surface area contributed by atoms with E-state index in [-0.39, 0.29) is 31.1 Å². The molecule has 2 aliphatic rings. The van der Waals surface area contributed by atoms with Crippen LogP contribution in [0.3, 0.4) is 0 Å². The van der Waals surface area contributed by atoms with E-state index in [4.69, 9.17) is 9.47 Å². The van der Waals surface area contributed by atoms with Gasteiger partial charge in [-0.25, -0.2) is 4.98 Å². The number of anilines is 1. The number of rotatable bonds is 5. The number of hydrogen-bond acceptors (Lipinski definition) is 6. The smallest absolute Gasteiger partial charge is 0.231 e. The van der Waals surface area contributed by atoms with E-state index in [1.165, 1.54) is 11.3 Å². The van der Waals surface area contributed by atoms with Crippen molar-refractivity contribution >= 4 is 28.3 Å². The fraction of sp³-hybridized carbons (Fsp3) is 0.389. The van der Waals surface area contributed by atoms with Crippen LogP contribution in [-0.2, 0) is 16.0 Å². The minimum absolute atomic E-state index is 0.104. The molecule has 0 aliphatic carbocycles. The lowest BCUT2D eigenvalue weighted by Gasteiger charge is -2.14. The Labute approximate surface area is 154 Å². The average molecular weight is 373 g/mol. The number of carbonyl (C=O) groups is 2. The lowest BCUT2D eigenvalue weighted by molar-refractivity contribution is -0.121. The van der Waals surface area contributed by atoms with Crippen LogP contribution < -0.4 is 19.7 Å². The zero-order valence-corrected chi connectivity index (χ0v) is 15.2. The van der Waals surface area contributed by atoms with Crippen molar-refractivity contribution in [1.82, 2.24) is 10.3 Å². The molecule has 1 N–H and O–H groups in total. The predicted molar refractivity (Wildman–Crippen MR) is 96.5 cm³/mol. The fourth-order valence-corrected chi connectivity index (χ4v) is 3.94. The van der Waals surface area contributed by atoms with E-state index in [1.807, 2.05) is 30.5 Å². The van der Waals surface area contributed by atoms with E-state index < -0.39 is 0 Å². The van der Waals surface area contributed by atoms with Crippen molar-refractivity contribution in [2.75, 3.05) is 18.2 Å². The summed E-state index contributed by atoms with van der Waals surface area (Å²) in [6, 6.07) is 5.49. The minimum Gasteiger partial charge on any atom is -0.454 e. The molecular weight excluding hydrogens is 354 g/mol. The maximum absolute atomic E-state index is 12.3. The van der Waals surface area contributed by atoms with E-state index >= 15 is 0 Å². The summed E-state index contributed by atoms with van der Waals surface area (Å²) in [7, 11) is 0. The van der Waals surface area contributed by atoms with Gasteiger partial charge in [-0.05, 0) is 31.0 Å². The number of benzene rings is 1. The van der Waals surface area contributed by atoms with Crippen LogP contribution in [0, 0.1) is 0 Å². The quantitative estimate of drug-likeness (QED) is 0.871. The van der Waals surface area contributed by atoms with Crippen molar-refractivity contribution < 1.29 is 19.1 Å². The molecule has 0 bridgehead atoms. The highest BCUT2D eigenvalue weighted by atomic mass is 32.1. The molecule has 0 radical (unpaired) electrons. The van der Waals surface area contributed by atoms with Gasteiger partial charge in [-0.3, -0.25) is 14.5 Å². The van der Waals surface area contributed by atoms with Gasteiger partial charge in [0.15, 0.2) is 16.6 Å². The highest BCUT2D eigenvalue weighted by Crippen LogP contribution is 2.34. The summed E-state index contributed by atoms with van der Waals surface area (Å²) < 4.78 is 10.7. The third-order valence-corrected chi connectivity index (χ3v) is 5.37. The molecule has 1 unspecified atom stereocenters. The third kappa shape index (κ3) is 3.37. The van der Waals surface area contributed by atoms with Gasteiger partial charge in [-0.2, -0.15) is 0 Å². The van der Waals surface area contributed by atoms with Crippen molar-refractivity contribution in [1.29, 1.82) is 0 Å². The van der Waals surface area contributed by atoms with Crippen LogP contribution in [0.4, 0.5) is 5.13 Å². The molecule has 1 saturated heterocycles. The largest absolute Gasteiger partial charge is 0.454 e. The molecule has 7 nitrogen and oxygen atoms in total. The summed E-state index contributed by atoms with van der Waals surface area (Å²) in [5.74, 6) is 1.41. The predicted octanol–water partition coefficient (Wildman–Crippen LogP) is 2.42. The average Bonchev–Trinajstić information content (AvgIpc) is 3.34. The number of fused-ring (bicyclic) bond motifs is 1. The van der Waals surface area contributed by atoms with Crippen LogP contribution in [0.1, 0.15) is 37.1 Å². The monoisotopic (exact) mass is 373 g/mol. The van der Waals surface area contributed by atoms with Gasteiger partial charge in [0.1, 0.15) is 0 Å². The molecule has 3 heterocycles. The maximum Gasteiger partial charge on any atom is 0.231 e. The first-order chi connectivity index (χ1) is 12.6. The van der Waals surface area contributed by atoms with Crippen molar-refractivity contribution in [3.63, 3.8) is 0 Å². The zero-order valence-electron chi connectivity index (χ0n) is 14.4. The number of nitrogens with one attached hydrogen (secondary N) is 1. The fourth-order valence-electron chi connectivity index (χ4n) is 3.07. The Morgan fingerprint density at radius 2 is 2.23 bits per heavy atom. The van der Waals surface area contributed by atoms with E-state index in [2.05, 4.69) is 10.3 Å². The van der Waals surface area contributed by atoms with Gasteiger partial charge in [0, 0.05) is 18.3 Å². The Morgan fingerprint density at radius 1 is 1.38 bits per heavy atom. The second kappa shape index (κ2) is 6.95. The molecule has 26 heavy (non-hydrogen) atoms. The summed E-state index contributed by atoms with van der Waals surface area (Å²) in [6.07, 6.45) is 1.62. The van der Waals surface area contributed by atoms with Gasteiger partial charge in [0.2, 0.25) is 18.6 Å². The van der Waals surface area contributed by atoms with Crippen LogP contribution in [0.5, 0.6) is 11.5 Å². The van der Waals surface area contributed by atoms with E-state index in [9.17, 15) is 9.59 Å². The summed E-state index contributed by atoms with van der Waals surface area (Å²) in [6.45, 7) is 2.86. The number of aromatic nitrogens is 1. The van der Waals surface area contributed by atoms with Gasteiger partial charge < -0.3 is 14.8 Å². The molecule has 8 heteroatoms. The lowest BCUT2D eigenvalue weighted by atomic mass is 10.1. The van der Waals surface area contributed by atoms with Gasteiger partial charge >= 0.3 is 0 Å². The van der Waals surface area contributed by atoms with Crippen LogP contribution >= 0.6 is 11.3 Å². The molecule has 4 rings (SSSR count). The van der Waals surface area contributed by atoms with E-state index in [0.717, 1.165) is 17.7 Å². The SMILES string of the molecule is CC(NC(=O)Cc1csc(N2CCCC2=O)n1)c1ccc2c(c1)OCO2. The van der Waals surface area contributed by atoms with Gasteiger partial charge in [0.25, 0.3) is 0 Å². The van der Waals surface area contributed by atoms with Gasteiger partial charge in [-0.1, -0.05) is 6.07 Å². The van der Waals surface area contributed by atoms with Crippen LogP contribution in [-0.4, -0.2) is 30.1 Å². The Kier molecular flexibility index (Phi) is 4.50. The molecule has 2 aliphatic heterocycles. The normalized spacial score (nSPS) is 16.8. The molecule has 1 aromatic carbocycles. The number of hydrogen-bond donors (Lipinski definition) is 1. The number of nitrogens with zero attached hydrogens (tertiary/aromatic N) is 2. The Bertz CT molecular complexity index is 851. The summed E-state index contributed by atoms with van der Waals surface area (Å²) in [5, 5.41) is 5.49. The number of carbonyl (C=O) groups excluding carboxylic acids is 2.